The Labute approximate surface area is 133 Å². The van der Waals surface area contributed by atoms with Crippen molar-refractivity contribution in [1.82, 2.24) is 10.9 Å². The van der Waals surface area contributed by atoms with Gasteiger partial charge in [0, 0.05) is 5.70 Å². The number of benzene rings is 1. The van der Waals surface area contributed by atoms with Crippen LogP contribution in [0.1, 0.15) is 11.3 Å². The van der Waals surface area contributed by atoms with E-state index < -0.39 is 5.91 Å². The Bertz CT molecular complexity index is 743. The molecule has 0 atom stereocenters. The summed E-state index contributed by atoms with van der Waals surface area (Å²) in [6.45, 7) is 3.51. The summed E-state index contributed by atoms with van der Waals surface area (Å²) in [7, 11) is 0. The third-order valence-electron chi connectivity index (χ3n) is 2.72. The Morgan fingerprint density at radius 2 is 2.13 bits per heavy atom. The van der Waals surface area contributed by atoms with Crippen molar-refractivity contribution in [2.45, 2.75) is 0 Å². The van der Waals surface area contributed by atoms with Crippen molar-refractivity contribution in [1.29, 1.82) is 5.26 Å². The van der Waals surface area contributed by atoms with Gasteiger partial charge >= 0.3 is 0 Å². The number of carbonyl (C=O) groups is 1. The average Bonchev–Trinajstić information content (AvgIpc) is 3.10. The van der Waals surface area contributed by atoms with Gasteiger partial charge in [0.2, 0.25) is 0 Å². The van der Waals surface area contributed by atoms with Gasteiger partial charge < -0.3 is 9.15 Å². The molecule has 0 saturated carbocycles. The number of amides is 1. The van der Waals surface area contributed by atoms with Crippen LogP contribution in [0.2, 0.25) is 0 Å². The summed E-state index contributed by atoms with van der Waals surface area (Å²) in [6, 6.07) is 12.3. The number of ether oxygens (including phenoxy) is 1. The highest BCUT2D eigenvalue weighted by molar-refractivity contribution is 5.77. The van der Waals surface area contributed by atoms with Gasteiger partial charge in [-0.05, 0) is 36.4 Å². The fourth-order valence-electron chi connectivity index (χ4n) is 1.62. The normalized spacial score (nSPS) is 10.0. The lowest BCUT2D eigenvalue weighted by molar-refractivity contribution is -0.123. The number of allylic oxidation sites excluding steroid dienone is 1. The van der Waals surface area contributed by atoms with Gasteiger partial charge in [-0.3, -0.25) is 15.6 Å². The monoisotopic (exact) mass is 309 g/mol. The zero-order chi connectivity index (χ0) is 16.5. The Hall–Kier alpha value is -3.46. The largest absolute Gasteiger partial charge is 0.482 e. The standard InChI is InChI=1S/C17H15N3O3/c1-13(8-9-15-6-4-10-22-15)19-20-17(21)12-23-16-7-3-2-5-14(16)11-18/h2-10,19H,1,12H2,(H,20,21). The molecule has 0 unspecified atom stereocenters. The number of para-hydroxylation sites is 1. The number of nitriles is 1. The highest BCUT2D eigenvalue weighted by atomic mass is 16.5. The first kappa shape index (κ1) is 15.9. The lowest BCUT2D eigenvalue weighted by Crippen LogP contribution is -2.39. The van der Waals surface area contributed by atoms with Gasteiger partial charge in [0.05, 0.1) is 11.8 Å². The molecule has 1 heterocycles. The molecule has 0 bridgehead atoms. The fraction of sp³-hybridized carbons (Fsp3) is 0.0588. The Morgan fingerprint density at radius 3 is 2.87 bits per heavy atom. The van der Waals surface area contributed by atoms with Gasteiger partial charge in [-0.25, -0.2) is 0 Å². The molecule has 2 N–H and O–H groups in total. The van der Waals surface area contributed by atoms with Gasteiger partial charge in [-0.2, -0.15) is 5.26 Å². The second-order valence-electron chi connectivity index (χ2n) is 4.44. The maximum Gasteiger partial charge on any atom is 0.276 e. The Balaban J connectivity index is 1.75. The minimum absolute atomic E-state index is 0.221. The second-order valence-corrected chi connectivity index (χ2v) is 4.44. The highest BCUT2D eigenvalue weighted by Gasteiger charge is 2.05. The van der Waals surface area contributed by atoms with Crippen molar-refractivity contribution in [2.24, 2.45) is 0 Å². The fourth-order valence-corrected chi connectivity index (χ4v) is 1.62. The van der Waals surface area contributed by atoms with Gasteiger partial charge in [0.25, 0.3) is 5.91 Å². The maximum absolute atomic E-state index is 11.7. The molecule has 0 aliphatic heterocycles. The van der Waals surface area contributed by atoms with E-state index in [-0.39, 0.29) is 6.61 Å². The van der Waals surface area contributed by atoms with E-state index in [0.29, 0.717) is 22.8 Å². The van der Waals surface area contributed by atoms with E-state index in [1.807, 2.05) is 6.07 Å². The van der Waals surface area contributed by atoms with Crippen LogP contribution in [0, 0.1) is 11.3 Å². The number of nitrogens with one attached hydrogen (secondary N) is 2. The van der Waals surface area contributed by atoms with Crippen molar-refractivity contribution in [3.05, 3.63) is 72.3 Å². The number of nitrogens with zero attached hydrogens (tertiary/aromatic N) is 1. The zero-order valence-corrected chi connectivity index (χ0v) is 12.3. The van der Waals surface area contributed by atoms with Crippen LogP contribution in [-0.4, -0.2) is 12.5 Å². The van der Waals surface area contributed by atoms with Crippen molar-refractivity contribution in [2.75, 3.05) is 6.61 Å². The van der Waals surface area contributed by atoms with E-state index in [9.17, 15) is 4.79 Å². The molecule has 0 spiro atoms. The number of rotatable bonds is 7. The first-order valence-corrected chi connectivity index (χ1v) is 6.76. The molecule has 2 aromatic rings. The molecular weight excluding hydrogens is 294 g/mol. The summed E-state index contributed by atoms with van der Waals surface area (Å²) in [5.41, 5.74) is 5.94. The molecule has 2 rings (SSSR count). The number of hydrogen-bond donors (Lipinski definition) is 2. The van der Waals surface area contributed by atoms with Gasteiger partial charge in [-0.15, -0.1) is 0 Å². The Morgan fingerprint density at radius 1 is 1.30 bits per heavy atom. The van der Waals surface area contributed by atoms with Crippen molar-refractivity contribution >= 4 is 12.0 Å². The average molecular weight is 309 g/mol. The summed E-state index contributed by atoms with van der Waals surface area (Å²) < 4.78 is 10.4. The summed E-state index contributed by atoms with van der Waals surface area (Å²) in [5.74, 6) is 0.641. The van der Waals surface area contributed by atoms with Gasteiger partial charge in [-0.1, -0.05) is 18.7 Å². The van der Waals surface area contributed by atoms with Crippen LogP contribution < -0.4 is 15.6 Å². The molecule has 6 nitrogen and oxygen atoms in total. The smallest absolute Gasteiger partial charge is 0.276 e. The molecule has 0 fully saturated rings. The molecule has 116 valence electrons. The highest BCUT2D eigenvalue weighted by Crippen LogP contribution is 2.16. The van der Waals surface area contributed by atoms with E-state index in [1.165, 1.54) is 0 Å². The quantitative estimate of drug-likeness (QED) is 0.605. The second kappa shape index (κ2) is 8.10. The van der Waals surface area contributed by atoms with Crippen LogP contribution in [0.25, 0.3) is 6.08 Å². The first-order chi connectivity index (χ1) is 11.2. The lowest BCUT2D eigenvalue weighted by atomic mass is 10.2. The molecule has 1 aromatic heterocycles. The van der Waals surface area contributed by atoms with Crippen molar-refractivity contribution < 1.29 is 13.9 Å². The third kappa shape index (κ3) is 5.10. The van der Waals surface area contributed by atoms with Crippen LogP contribution in [0.3, 0.4) is 0 Å². The Kier molecular flexibility index (Phi) is 5.61. The van der Waals surface area contributed by atoms with Crippen molar-refractivity contribution in [3.63, 3.8) is 0 Å². The molecule has 0 radical (unpaired) electrons. The predicted octanol–water partition coefficient (Wildman–Crippen LogP) is 2.38. The lowest BCUT2D eigenvalue weighted by Gasteiger charge is -2.10. The van der Waals surface area contributed by atoms with E-state index in [4.69, 9.17) is 14.4 Å². The van der Waals surface area contributed by atoms with E-state index in [2.05, 4.69) is 17.4 Å². The van der Waals surface area contributed by atoms with E-state index in [1.54, 1.807) is 54.8 Å². The van der Waals surface area contributed by atoms with Crippen LogP contribution in [0.15, 0.2) is 65.4 Å². The molecule has 6 heteroatoms. The summed E-state index contributed by atoms with van der Waals surface area (Å²) in [6.07, 6.45) is 4.93. The van der Waals surface area contributed by atoms with Crippen LogP contribution >= 0.6 is 0 Å². The summed E-state index contributed by atoms with van der Waals surface area (Å²) in [4.78, 5) is 11.7. The van der Waals surface area contributed by atoms with E-state index >= 15 is 0 Å². The minimum Gasteiger partial charge on any atom is -0.482 e. The number of hydrogen-bond acceptors (Lipinski definition) is 5. The zero-order valence-electron chi connectivity index (χ0n) is 12.3. The third-order valence-corrected chi connectivity index (χ3v) is 2.72. The molecular formula is C17H15N3O3. The van der Waals surface area contributed by atoms with Gasteiger partial charge in [0.15, 0.2) is 6.61 Å². The van der Waals surface area contributed by atoms with Crippen LogP contribution in [0.5, 0.6) is 5.75 Å². The topological polar surface area (TPSA) is 87.3 Å². The predicted molar refractivity (Wildman–Crippen MR) is 84.8 cm³/mol. The molecule has 1 amide bonds. The van der Waals surface area contributed by atoms with Crippen LogP contribution in [0.4, 0.5) is 0 Å². The summed E-state index contributed by atoms with van der Waals surface area (Å²) >= 11 is 0. The summed E-state index contributed by atoms with van der Waals surface area (Å²) in [5, 5.41) is 8.93. The molecule has 23 heavy (non-hydrogen) atoms. The van der Waals surface area contributed by atoms with E-state index in [0.717, 1.165) is 0 Å². The SMILES string of the molecule is C=C(C=Cc1ccco1)NNC(=O)COc1ccccc1C#N. The maximum atomic E-state index is 11.7. The molecule has 0 aliphatic carbocycles. The first-order valence-electron chi connectivity index (χ1n) is 6.76. The molecule has 0 aliphatic rings. The number of hydrazine groups is 1. The molecule has 0 saturated heterocycles. The molecule has 1 aromatic carbocycles. The van der Waals surface area contributed by atoms with Crippen molar-refractivity contribution in [3.8, 4) is 11.8 Å². The number of furan rings is 1. The van der Waals surface area contributed by atoms with Gasteiger partial charge in [0.1, 0.15) is 17.6 Å². The van der Waals surface area contributed by atoms with Crippen LogP contribution in [-0.2, 0) is 4.79 Å². The number of carbonyl (C=O) groups excluding carboxylic acids is 1. The minimum atomic E-state index is -0.398.